The van der Waals surface area contributed by atoms with Gasteiger partial charge in [-0.3, -0.25) is 4.98 Å². The zero-order chi connectivity index (χ0) is 11.5. The van der Waals surface area contributed by atoms with Gasteiger partial charge in [-0.1, -0.05) is 36.9 Å². The van der Waals surface area contributed by atoms with Gasteiger partial charge in [-0.25, -0.2) is 0 Å². The Morgan fingerprint density at radius 2 is 1.41 bits per heavy atom. The number of benzene rings is 1. The van der Waals surface area contributed by atoms with E-state index in [1.807, 2.05) is 24.5 Å². The standard InChI is InChI=1S/C14H13B2N/c1-3-12(14-9-15-16-10-14)4-2-11(1)13-5-7-17-8-6-13/h1-8,14H,9-10H2. The van der Waals surface area contributed by atoms with Crippen molar-refractivity contribution in [3.05, 3.63) is 54.4 Å². The lowest BCUT2D eigenvalue weighted by atomic mass is 9.43. The van der Waals surface area contributed by atoms with Crippen molar-refractivity contribution >= 4 is 14.3 Å². The van der Waals surface area contributed by atoms with Gasteiger partial charge in [0.1, 0.15) is 0 Å². The monoisotopic (exact) mass is 217 g/mol. The number of aromatic nitrogens is 1. The minimum absolute atomic E-state index is 0.696. The average molecular weight is 217 g/mol. The van der Waals surface area contributed by atoms with Gasteiger partial charge in [0.25, 0.3) is 0 Å². The van der Waals surface area contributed by atoms with E-state index in [-0.39, 0.29) is 0 Å². The fourth-order valence-electron chi connectivity index (χ4n) is 2.38. The molecule has 0 bridgehead atoms. The molecule has 80 valence electrons. The molecule has 1 aliphatic heterocycles. The summed E-state index contributed by atoms with van der Waals surface area (Å²) in [5.41, 5.74) is 3.95. The van der Waals surface area contributed by atoms with E-state index in [9.17, 15) is 0 Å². The highest BCUT2D eigenvalue weighted by molar-refractivity contribution is 7.02. The molecule has 2 heterocycles. The maximum Gasteiger partial charge on any atom is 0.0660 e. The average Bonchev–Trinajstić information content (AvgIpc) is 2.94. The molecule has 1 aromatic heterocycles. The topological polar surface area (TPSA) is 12.9 Å². The third-order valence-corrected chi connectivity index (χ3v) is 3.40. The Labute approximate surface area is 104 Å². The minimum atomic E-state index is 0.696. The SMILES string of the molecule is [B]1[B]CC(c2ccc(-c3ccncc3)cc2)C1. The Balaban J connectivity index is 1.85. The molecular formula is C14H13B2N. The maximum absolute atomic E-state index is 4.04. The summed E-state index contributed by atoms with van der Waals surface area (Å²) < 4.78 is 0. The molecular weight excluding hydrogens is 204 g/mol. The molecule has 2 radical (unpaired) electrons. The zero-order valence-corrected chi connectivity index (χ0v) is 9.71. The van der Waals surface area contributed by atoms with Gasteiger partial charge in [-0.05, 0) is 34.7 Å². The van der Waals surface area contributed by atoms with Gasteiger partial charge >= 0.3 is 0 Å². The van der Waals surface area contributed by atoms with Crippen LogP contribution in [-0.2, 0) is 0 Å². The predicted octanol–water partition coefficient (Wildman–Crippen LogP) is 3.01. The molecule has 0 spiro atoms. The summed E-state index contributed by atoms with van der Waals surface area (Å²) in [5.74, 6) is 0.696. The fourth-order valence-corrected chi connectivity index (χ4v) is 2.38. The zero-order valence-electron chi connectivity index (χ0n) is 9.71. The maximum atomic E-state index is 4.04. The number of nitrogens with zero attached hydrogens (tertiary/aromatic N) is 1. The van der Waals surface area contributed by atoms with Crippen molar-refractivity contribution in [1.29, 1.82) is 0 Å². The van der Waals surface area contributed by atoms with Gasteiger partial charge in [0, 0.05) is 12.4 Å². The molecule has 0 unspecified atom stereocenters. The molecule has 1 aliphatic rings. The van der Waals surface area contributed by atoms with Crippen LogP contribution in [0.15, 0.2) is 48.8 Å². The Morgan fingerprint density at radius 1 is 0.824 bits per heavy atom. The van der Waals surface area contributed by atoms with Crippen LogP contribution in [0.5, 0.6) is 0 Å². The van der Waals surface area contributed by atoms with E-state index >= 15 is 0 Å². The Bertz CT molecular complexity index is 475. The molecule has 0 atom stereocenters. The summed E-state index contributed by atoms with van der Waals surface area (Å²) in [5, 5.41) is 0. The molecule has 1 fully saturated rings. The molecule has 17 heavy (non-hydrogen) atoms. The highest BCUT2D eigenvalue weighted by atomic mass is 14.6. The van der Waals surface area contributed by atoms with Crippen LogP contribution in [0.3, 0.4) is 0 Å². The van der Waals surface area contributed by atoms with E-state index in [4.69, 9.17) is 0 Å². The van der Waals surface area contributed by atoms with Gasteiger partial charge in [0.15, 0.2) is 0 Å². The lowest BCUT2D eigenvalue weighted by Crippen LogP contribution is -1.91. The van der Waals surface area contributed by atoms with Crippen molar-refractivity contribution in [3.8, 4) is 11.1 Å². The van der Waals surface area contributed by atoms with Crippen molar-refractivity contribution in [3.63, 3.8) is 0 Å². The first-order chi connectivity index (χ1) is 8.43. The predicted molar refractivity (Wildman–Crippen MR) is 73.5 cm³/mol. The number of rotatable bonds is 2. The van der Waals surface area contributed by atoms with E-state index in [1.54, 1.807) is 0 Å². The summed E-state index contributed by atoms with van der Waals surface area (Å²) in [6.45, 7) is 0. The third-order valence-electron chi connectivity index (χ3n) is 3.40. The lowest BCUT2D eigenvalue weighted by Gasteiger charge is -2.11. The summed E-state index contributed by atoms with van der Waals surface area (Å²) in [4.78, 5) is 4.04. The molecule has 2 aromatic rings. The van der Waals surface area contributed by atoms with Crippen LogP contribution in [0.1, 0.15) is 11.5 Å². The molecule has 0 aliphatic carbocycles. The van der Waals surface area contributed by atoms with Gasteiger partial charge in [-0.2, -0.15) is 0 Å². The smallest absolute Gasteiger partial charge is 0.0660 e. The Morgan fingerprint density at radius 3 is 2.06 bits per heavy atom. The summed E-state index contributed by atoms with van der Waals surface area (Å²) in [7, 11) is 4.56. The summed E-state index contributed by atoms with van der Waals surface area (Å²) in [6.07, 6.45) is 6.05. The normalized spacial score (nSPS) is 15.3. The van der Waals surface area contributed by atoms with E-state index < -0.39 is 0 Å². The van der Waals surface area contributed by atoms with Gasteiger partial charge in [-0.15, -0.1) is 0 Å². The molecule has 0 amide bonds. The minimum Gasteiger partial charge on any atom is -0.265 e. The van der Waals surface area contributed by atoms with Crippen molar-refractivity contribution < 1.29 is 0 Å². The van der Waals surface area contributed by atoms with Crippen molar-refractivity contribution in [1.82, 2.24) is 4.98 Å². The molecule has 3 rings (SSSR count). The Hall–Kier alpha value is -1.50. The van der Waals surface area contributed by atoms with Gasteiger partial charge in [0.2, 0.25) is 0 Å². The quantitative estimate of drug-likeness (QED) is 0.704. The Kier molecular flexibility index (Phi) is 3.00. The first kappa shape index (κ1) is 10.6. The molecule has 3 heteroatoms. The van der Waals surface area contributed by atoms with Crippen LogP contribution in [0.2, 0.25) is 12.6 Å². The van der Waals surface area contributed by atoms with E-state index in [2.05, 4.69) is 43.6 Å². The lowest BCUT2D eigenvalue weighted by molar-refractivity contribution is 0.874. The van der Waals surface area contributed by atoms with Crippen molar-refractivity contribution in [2.45, 2.75) is 18.6 Å². The molecule has 1 aromatic carbocycles. The highest BCUT2D eigenvalue weighted by Crippen LogP contribution is 2.29. The summed E-state index contributed by atoms with van der Waals surface area (Å²) >= 11 is 0. The van der Waals surface area contributed by atoms with E-state index in [1.165, 1.54) is 29.3 Å². The van der Waals surface area contributed by atoms with E-state index in [0.29, 0.717) is 5.92 Å². The van der Waals surface area contributed by atoms with Crippen LogP contribution >= 0.6 is 0 Å². The van der Waals surface area contributed by atoms with E-state index in [0.717, 1.165) is 0 Å². The first-order valence-electron chi connectivity index (χ1n) is 6.09. The number of hydrogen-bond donors (Lipinski definition) is 0. The second kappa shape index (κ2) is 4.79. The molecule has 1 saturated heterocycles. The fraction of sp³-hybridized carbons (Fsp3) is 0.214. The van der Waals surface area contributed by atoms with Crippen LogP contribution in [0.4, 0.5) is 0 Å². The number of pyridine rings is 1. The number of hydrogen-bond acceptors (Lipinski definition) is 1. The van der Waals surface area contributed by atoms with Gasteiger partial charge in [0.05, 0.1) is 14.3 Å². The van der Waals surface area contributed by atoms with Crippen molar-refractivity contribution in [2.24, 2.45) is 0 Å². The van der Waals surface area contributed by atoms with Crippen LogP contribution in [-0.4, -0.2) is 19.3 Å². The van der Waals surface area contributed by atoms with Crippen molar-refractivity contribution in [2.75, 3.05) is 0 Å². The first-order valence-corrected chi connectivity index (χ1v) is 6.09. The van der Waals surface area contributed by atoms with Crippen LogP contribution in [0, 0.1) is 0 Å². The molecule has 1 nitrogen and oxygen atoms in total. The van der Waals surface area contributed by atoms with Crippen LogP contribution in [0.25, 0.3) is 11.1 Å². The van der Waals surface area contributed by atoms with Crippen LogP contribution < -0.4 is 0 Å². The molecule has 0 N–H and O–H groups in total. The second-order valence-electron chi connectivity index (χ2n) is 4.50. The van der Waals surface area contributed by atoms with Gasteiger partial charge < -0.3 is 0 Å². The summed E-state index contributed by atoms with van der Waals surface area (Å²) in [6, 6.07) is 13.0. The second-order valence-corrected chi connectivity index (χ2v) is 4.50. The third kappa shape index (κ3) is 2.28. The molecule has 0 saturated carbocycles. The highest BCUT2D eigenvalue weighted by Gasteiger charge is 2.17. The largest absolute Gasteiger partial charge is 0.265 e.